The second-order valence-electron chi connectivity index (χ2n) is 5.25. The molecule has 0 fully saturated rings. The van der Waals surface area contributed by atoms with Gasteiger partial charge in [0.2, 0.25) is 0 Å². The summed E-state index contributed by atoms with van der Waals surface area (Å²) in [5, 5.41) is 0. The number of hydrogen-bond donors (Lipinski definition) is 0. The number of carbonyl (C=O) groups is 1. The second kappa shape index (κ2) is 3.67. The Kier molecular flexibility index (Phi) is 2.07. The van der Waals surface area contributed by atoms with Crippen LogP contribution in [0.5, 0.6) is 0 Å². The van der Waals surface area contributed by atoms with Crippen molar-refractivity contribution in [2.75, 3.05) is 6.54 Å². The van der Waals surface area contributed by atoms with E-state index in [0.717, 1.165) is 18.7 Å². The van der Waals surface area contributed by atoms with Gasteiger partial charge < -0.3 is 4.90 Å². The van der Waals surface area contributed by atoms with E-state index < -0.39 is 0 Å². The molecule has 0 N–H and O–H groups in total. The van der Waals surface area contributed by atoms with Gasteiger partial charge in [-0.1, -0.05) is 24.3 Å². The maximum Gasteiger partial charge on any atom is 0.161 e. The standard InChI is InChI=1S/C16H14N2O/c19-13-5-6-16-7-10-18-9-2-4-12(15(16)18)3-1-8-17-14(16)11-13/h1-2,4-8,10H,3,9,11H2/b8-1-,17-14?. The van der Waals surface area contributed by atoms with Gasteiger partial charge in [-0.05, 0) is 24.1 Å². The molecule has 1 atom stereocenters. The average Bonchev–Trinajstić information content (AvgIpc) is 2.77. The van der Waals surface area contributed by atoms with Crippen molar-refractivity contribution in [3.8, 4) is 0 Å². The highest BCUT2D eigenvalue weighted by Crippen LogP contribution is 2.47. The van der Waals surface area contributed by atoms with Crippen molar-refractivity contribution in [2.24, 2.45) is 10.4 Å². The average molecular weight is 250 g/mol. The van der Waals surface area contributed by atoms with Crippen LogP contribution in [0.2, 0.25) is 0 Å². The lowest BCUT2D eigenvalue weighted by Gasteiger charge is -2.36. The lowest BCUT2D eigenvalue weighted by molar-refractivity contribution is -0.113. The van der Waals surface area contributed by atoms with E-state index in [-0.39, 0.29) is 11.2 Å². The first-order valence-electron chi connectivity index (χ1n) is 6.60. The highest BCUT2D eigenvalue weighted by atomic mass is 16.1. The van der Waals surface area contributed by atoms with Crippen molar-refractivity contribution in [1.82, 2.24) is 4.90 Å². The largest absolute Gasteiger partial charge is 0.346 e. The van der Waals surface area contributed by atoms with Gasteiger partial charge in [0.15, 0.2) is 5.78 Å². The molecule has 0 bridgehead atoms. The minimum atomic E-state index is -0.293. The van der Waals surface area contributed by atoms with Crippen molar-refractivity contribution < 1.29 is 4.79 Å². The van der Waals surface area contributed by atoms with E-state index in [2.05, 4.69) is 40.4 Å². The normalized spacial score (nSPS) is 32.7. The first kappa shape index (κ1) is 10.7. The maximum atomic E-state index is 11.7. The van der Waals surface area contributed by atoms with Crippen LogP contribution >= 0.6 is 0 Å². The quantitative estimate of drug-likeness (QED) is 0.661. The number of allylic oxidation sites excluding steroid dienone is 5. The molecule has 1 spiro atoms. The molecule has 19 heavy (non-hydrogen) atoms. The maximum absolute atomic E-state index is 11.7. The van der Waals surface area contributed by atoms with Crippen LogP contribution in [0.3, 0.4) is 0 Å². The molecule has 0 saturated heterocycles. The molecular formula is C16H14N2O. The van der Waals surface area contributed by atoms with Crippen LogP contribution in [0.1, 0.15) is 12.8 Å². The van der Waals surface area contributed by atoms with Gasteiger partial charge in [0.25, 0.3) is 0 Å². The molecule has 0 radical (unpaired) electrons. The van der Waals surface area contributed by atoms with Crippen LogP contribution in [0.15, 0.2) is 65.1 Å². The molecule has 0 aromatic carbocycles. The number of hydrogen-bond acceptors (Lipinski definition) is 3. The fourth-order valence-electron chi connectivity index (χ4n) is 3.29. The van der Waals surface area contributed by atoms with Gasteiger partial charge in [0, 0.05) is 30.4 Å². The Morgan fingerprint density at radius 3 is 3.11 bits per heavy atom. The molecule has 3 aliphatic heterocycles. The lowest BCUT2D eigenvalue weighted by Crippen LogP contribution is -2.37. The molecule has 1 unspecified atom stereocenters. The SMILES string of the molecule is O=C1C=CC23C=CN4CC=CC(=C42)C/C=C\N=C3C1. The zero-order valence-corrected chi connectivity index (χ0v) is 10.5. The van der Waals surface area contributed by atoms with E-state index in [0.29, 0.717) is 6.42 Å². The highest BCUT2D eigenvalue weighted by Gasteiger charge is 2.45. The van der Waals surface area contributed by atoms with Crippen LogP contribution in [-0.2, 0) is 4.79 Å². The van der Waals surface area contributed by atoms with E-state index in [9.17, 15) is 4.79 Å². The minimum absolute atomic E-state index is 0.138. The van der Waals surface area contributed by atoms with Crippen molar-refractivity contribution >= 4 is 11.5 Å². The Morgan fingerprint density at radius 1 is 1.21 bits per heavy atom. The van der Waals surface area contributed by atoms with Crippen molar-refractivity contribution in [3.05, 3.63) is 60.1 Å². The molecule has 4 rings (SSSR count). The van der Waals surface area contributed by atoms with Crippen molar-refractivity contribution in [1.29, 1.82) is 0 Å². The molecule has 0 saturated carbocycles. The van der Waals surface area contributed by atoms with Gasteiger partial charge in [0.05, 0.1) is 11.8 Å². The van der Waals surface area contributed by atoms with E-state index in [4.69, 9.17) is 0 Å². The van der Waals surface area contributed by atoms with Crippen molar-refractivity contribution in [3.63, 3.8) is 0 Å². The van der Waals surface area contributed by atoms with Gasteiger partial charge in [-0.2, -0.15) is 0 Å². The first-order chi connectivity index (χ1) is 9.29. The number of ketones is 1. The van der Waals surface area contributed by atoms with E-state index in [1.807, 2.05) is 12.3 Å². The monoisotopic (exact) mass is 250 g/mol. The summed E-state index contributed by atoms with van der Waals surface area (Å²) in [5.41, 5.74) is 3.25. The summed E-state index contributed by atoms with van der Waals surface area (Å²) < 4.78 is 0. The molecule has 4 aliphatic rings. The zero-order chi connectivity index (χ0) is 12.9. The van der Waals surface area contributed by atoms with Gasteiger partial charge >= 0.3 is 0 Å². The Balaban J connectivity index is 2.01. The van der Waals surface area contributed by atoms with Crippen LogP contribution in [0.4, 0.5) is 0 Å². The summed E-state index contributed by atoms with van der Waals surface area (Å²) >= 11 is 0. The molecule has 0 aromatic heterocycles. The van der Waals surface area contributed by atoms with Crippen molar-refractivity contribution in [2.45, 2.75) is 12.8 Å². The smallest absolute Gasteiger partial charge is 0.161 e. The highest BCUT2D eigenvalue weighted by molar-refractivity contribution is 6.15. The van der Waals surface area contributed by atoms with Gasteiger partial charge in [-0.15, -0.1) is 0 Å². The number of carbonyl (C=O) groups excluding carboxylic acids is 1. The van der Waals surface area contributed by atoms with E-state index >= 15 is 0 Å². The van der Waals surface area contributed by atoms with Gasteiger partial charge in [-0.3, -0.25) is 9.79 Å². The third kappa shape index (κ3) is 1.38. The topological polar surface area (TPSA) is 32.7 Å². The fraction of sp³-hybridized carbons (Fsp3) is 0.250. The fourth-order valence-corrected chi connectivity index (χ4v) is 3.29. The third-order valence-electron chi connectivity index (χ3n) is 4.15. The molecule has 1 aliphatic carbocycles. The van der Waals surface area contributed by atoms with E-state index in [1.54, 1.807) is 6.08 Å². The molecule has 3 heteroatoms. The summed E-state index contributed by atoms with van der Waals surface area (Å²) in [6.45, 7) is 0.899. The van der Waals surface area contributed by atoms with Crippen LogP contribution in [0, 0.1) is 5.41 Å². The number of rotatable bonds is 0. The lowest BCUT2D eigenvalue weighted by atomic mass is 9.72. The summed E-state index contributed by atoms with van der Waals surface area (Å²) in [4.78, 5) is 18.5. The van der Waals surface area contributed by atoms with Gasteiger partial charge in [0.1, 0.15) is 0 Å². The number of nitrogens with zero attached hydrogens (tertiary/aromatic N) is 2. The molecule has 0 aromatic rings. The summed E-state index contributed by atoms with van der Waals surface area (Å²) in [7, 11) is 0. The van der Waals surface area contributed by atoms with Crippen LogP contribution in [0.25, 0.3) is 0 Å². The molecular weight excluding hydrogens is 236 g/mol. The van der Waals surface area contributed by atoms with Crippen LogP contribution in [-0.4, -0.2) is 22.9 Å². The molecule has 0 amide bonds. The Labute approximate surface area is 112 Å². The Hall–Kier alpha value is -2.16. The Bertz CT molecular complexity index is 646. The van der Waals surface area contributed by atoms with Gasteiger partial charge in [-0.25, -0.2) is 0 Å². The summed E-state index contributed by atoms with van der Waals surface area (Å²) in [6, 6.07) is 0. The predicted octanol–water partition coefficient (Wildman–Crippen LogP) is 2.51. The Morgan fingerprint density at radius 2 is 2.16 bits per heavy atom. The zero-order valence-electron chi connectivity index (χ0n) is 10.5. The third-order valence-corrected chi connectivity index (χ3v) is 4.15. The summed E-state index contributed by atoms with van der Waals surface area (Å²) in [5.74, 6) is 0.138. The van der Waals surface area contributed by atoms with E-state index in [1.165, 1.54) is 11.3 Å². The first-order valence-corrected chi connectivity index (χ1v) is 6.60. The minimum Gasteiger partial charge on any atom is -0.346 e. The molecule has 3 nitrogen and oxygen atoms in total. The van der Waals surface area contributed by atoms with Crippen LogP contribution < -0.4 is 0 Å². The number of aliphatic imine (C=N–C) groups is 1. The second-order valence-corrected chi connectivity index (χ2v) is 5.25. The molecule has 94 valence electrons. The molecule has 3 heterocycles. The predicted molar refractivity (Wildman–Crippen MR) is 74.4 cm³/mol. The summed E-state index contributed by atoms with van der Waals surface area (Å²) in [6.07, 6.45) is 17.6.